The third-order valence-corrected chi connectivity index (χ3v) is 4.01. The summed E-state index contributed by atoms with van der Waals surface area (Å²) in [7, 11) is 0. The lowest BCUT2D eigenvalue weighted by atomic mass is 10.1. The predicted molar refractivity (Wildman–Crippen MR) is 70.1 cm³/mol. The number of nitrogens with zero attached hydrogens (tertiary/aromatic N) is 2. The molecule has 0 N–H and O–H groups in total. The maximum Gasteiger partial charge on any atom is 0.227 e. The Labute approximate surface area is 113 Å². The number of rotatable bonds is 1. The molecule has 0 amide bonds. The van der Waals surface area contributed by atoms with Crippen LogP contribution in [0, 0.1) is 5.82 Å². The molecular formula is C13H12BrFN2O. The van der Waals surface area contributed by atoms with Crippen molar-refractivity contribution in [2.24, 2.45) is 0 Å². The molecule has 0 spiro atoms. The normalized spacial score (nSPS) is 21.8. The van der Waals surface area contributed by atoms with Crippen LogP contribution in [0.4, 0.5) is 4.39 Å². The van der Waals surface area contributed by atoms with Gasteiger partial charge in [-0.3, -0.25) is 0 Å². The average Bonchev–Trinajstić information content (AvgIpc) is 2.81. The van der Waals surface area contributed by atoms with Gasteiger partial charge in [-0.25, -0.2) is 9.07 Å². The molecule has 0 saturated heterocycles. The van der Waals surface area contributed by atoms with Gasteiger partial charge in [0.2, 0.25) is 5.88 Å². The summed E-state index contributed by atoms with van der Waals surface area (Å²) in [4.78, 5) is 0. The van der Waals surface area contributed by atoms with E-state index in [0.717, 1.165) is 21.6 Å². The highest BCUT2D eigenvalue weighted by molar-refractivity contribution is 9.10. The van der Waals surface area contributed by atoms with E-state index in [1.54, 1.807) is 12.1 Å². The first-order valence-corrected chi connectivity index (χ1v) is 6.58. The van der Waals surface area contributed by atoms with E-state index in [4.69, 9.17) is 4.74 Å². The second-order valence-electron chi connectivity index (χ2n) is 4.48. The molecule has 2 heterocycles. The summed E-state index contributed by atoms with van der Waals surface area (Å²) in [6.45, 7) is 4.08. The van der Waals surface area contributed by atoms with Gasteiger partial charge in [0.25, 0.3) is 0 Å². The second-order valence-corrected chi connectivity index (χ2v) is 5.28. The molecule has 1 aromatic heterocycles. The lowest BCUT2D eigenvalue weighted by molar-refractivity contribution is 0.225. The standard InChI is InChI=1S/C13H12BrFN2O/c1-7-8(2)18-13-11(14)12(16-17(7)13)9-3-5-10(15)6-4-9/h3-8H,1-2H3/t7-,8-/m1/s1. The molecule has 0 bridgehead atoms. The lowest BCUT2D eigenvalue weighted by Gasteiger charge is -2.09. The van der Waals surface area contributed by atoms with Crippen molar-refractivity contribution < 1.29 is 9.13 Å². The van der Waals surface area contributed by atoms with Crippen LogP contribution in [0.2, 0.25) is 0 Å². The summed E-state index contributed by atoms with van der Waals surface area (Å²) >= 11 is 3.51. The van der Waals surface area contributed by atoms with Crippen molar-refractivity contribution in [1.29, 1.82) is 0 Å². The van der Waals surface area contributed by atoms with Crippen LogP contribution in [0.3, 0.4) is 0 Å². The van der Waals surface area contributed by atoms with E-state index >= 15 is 0 Å². The van der Waals surface area contributed by atoms with Crippen molar-refractivity contribution in [3.8, 4) is 17.1 Å². The van der Waals surface area contributed by atoms with E-state index in [9.17, 15) is 4.39 Å². The van der Waals surface area contributed by atoms with Crippen molar-refractivity contribution in [3.63, 3.8) is 0 Å². The first-order valence-electron chi connectivity index (χ1n) is 5.78. The van der Waals surface area contributed by atoms with Gasteiger partial charge in [-0.2, -0.15) is 5.10 Å². The maximum absolute atomic E-state index is 12.9. The van der Waals surface area contributed by atoms with Crippen LogP contribution in [-0.2, 0) is 0 Å². The zero-order valence-electron chi connectivity index (χ0n) is 10.0. The summed E-state index contributed by atoms with van der Waals surface area (Å²) < 4.78 is 21.4. The minimum Gasteiger partial charge on any atom is -0.472 e. The fraction of sp³-hybridized carbons (Fsp3) is 0.308. The molecule has 0 saturated carbocycles. The number of hydrogen-bond acceptors (Lipinski definition) is 2. The zero-order chi connectivity index (χ0) is 12.9. The van der Waals surface area contributed by atoms with E-state index in [2.05, 4.69) is 28.0 Å². The van der Waals surface area contributed by atoms with Gasteiger partial charge in [0, 0.05) is 5.56 Å². The third-order valence-electron chi connectivity index (χ3n) is 3.29. The molecular weight excluding hydrogens is 299 g/mol. The zero-order valence-corrected chi connectivity index (χ0v) is 11.6. The second kappa shape index (κ2) is 4.09. The summed E-state index contributed by atoms with van der Waals surface area (Å²) in [5.74, 6) is 0.495. The first kappa shape index (κ1) is 11.7. The Morgan fingerprint density at radius 1 is 1.28 bits per heavy atom. The van der Waals surface area contributed by atoms with Gasteiger partial charge in [0.05, 0.1) is 6.04 Å². The van der Waals surface area contributed by atoms with Crippen LogP contribution in [-0.4, -0.2) is 15.9 Å². The molecule has 94 valence electrons. The Bertz CT molecular complexity index is 594. The minimum atomic E-state index is -0.250. The van der Waals surface area contributed by atoms with Gasteiger partial charge in [-0.15, -0.1) is 0 Å². The molecule has 0 unspecified atom stereocenters. The number of benzene rings is 1. The molecule has 1 aromatic carbocycles. The molecule has 0 aliphatic carbocycles. The van der Waals surface area contributed by atoms with Crippen molar-refractivity contribution in [2.75, 3.05) is 0 Å². The van der Waals surface area contributed by atoms with Crippen LogP contribution in [0.5, 0.6) is 5.88 Å². The molecule has 1 aliphatic heterocycles. The largest absolute Gasteiger partial charge is 0.472 e. The van der Waals surface area contributed by atoms with Crippen LogP contribution in [0.15, 0.2) is 28.7 Å². The molecule has 5 heteroatoms. The Hall–Kier alpha value is -1.36. The molecule has 3 nitrogen and oxygen atoms in total. The number of hydrogen-bond donors (Lipinski definition) is 0. The first-order chi connectivity index (χ1) is 8.58. The average molecular weight is 311 g/mol. The fourth-order valence-electron chi connectivity index (χ4n) is 2.05. The van der Waals surface area contributed by atoms with E-state index in [-0.39, 0.29) is 18.0 Å². The highest BCUT2D eigenvalue weighted by atomic mass is 79.9. The van der Waals surface area contributed by atoms with E-state index in [0.29, 0.717) is 0 Å². The van der Waals surface area contributed by atoms with E-state index in [1.165, 1.54) is 12.1 Å². The monoisotopic (exact) mass is 310 g/mol. The Morgan fingerprint density at radius 3 is 2.56 bits per heavy atom. The van der Waals surface area contributed by atoms with Crippen LogP contribution >= 0.6 is 15.9 Å². The Balaban J connectivity index is 2.08. The van der Waals surface area contributed by atoms with Crippen LogP contribution < -0.4 is 4.74 Å². The molecule has 0 radical (unpaired) electrons. The van der Waals surface area contributed by atoms with Gasteiger partial charge >= 0.3 is 0 Å². The van der Waals surface area contributed by atoms with E-state index in [1.807, 2.05) is 11.6 Å². The molecule has 0 fully saturated rings. The van der Waals surface area contributed by atoms with Gasteiger partial charge < -0.3 is 4.74 Å². The fourth-order valence-corrected chi connectivity index (χ4v) is 2.63. The van der Waals surface area contributed by atoms with Crippen molar-refractivity contribution in [3.05, 3.63) is 34.6 Å². The van der Waals surface area contributed by atoms with Gasteiger partial charge in [-0.05, 0) is 54.0 Å². The highest BCUT2D eigenvalue weighted by Gasteiger charge is 2.32. The SMILES string of the molecule is C[C@@H]1[C@@H](C)Oc2c(Br)c(-c3ccc(F)cc3)nn21. The number of fused-ring (bicyclic) bond motifs is 1. The Kier molecular flexibility index (Phi) is 2.66. The van der Waals surface area contributed by atoms with Gasteiger partial charge in [-0.1, -0.05) is 0 Å². The number of aromatic nitrogens is 2. The highest BCUT2D eigenvalue weighted by Crippen LogP contribution is 2.42. The van der Waals surface area contributed by atoms with Gasteiger partial charge in [0.15, 0.2) is 0 Å². The predicted octanol–water partition coefficient (Wildman–Crippen LogP) is 3.79. The van der Waals surface area contributed by atoms with Crippen LogP contribution in [0.25, 0.3) is 11.3 Å². The molecule has 1 aliphatic rings. The maximum atomic E-state index is 12.9. The van der Waals surface area contributed by atoms with E-state index < -0.39 is 0 Å². The molecule has 2 aromatic rings. The number of ether oxygens (including phenoxy) is 1. The molecule has 18 heavy (non-hydrogen) atoms. The molecule has 3 rings (SSSR count). The smallest absolute Gasteiger partial charge is 0.227 e. The number of halogens is 2. The molecule has 2 atom stereocenters. The Morgan fingerprint density at radius 2 is 1.94 bits per heavy atom. The lowest BCUT2D eigenvalue weighted by Crippen LogP contribution is -2.15. The van der Waals surface area contributed by atoms with Crippen molar-refractivity contribution in [1.82, 2.24) is 9.78 Å². The summed E-state index contributed by atoms with van der Waals surface area (Å²) in [5.41, 5.74) is 1.65. The van der Waals surface area contributed by atoms with Gasteiger partial charge in [0.1, 0.15) is 22.1 Å². The third kappa shape index (κ3) is 1.65. The topological polar surface area (TPSA) is 27.1 Å². The van der Waals surface area contributed by atoms with Crippen LogP contribution in [0.1, 0.15) is 19.9 Å². The summed E-state index contributed by atoms with van der Waals surface area (Å²) in [6.07, 6.45) is 0.117. The minimum absolute atomic E-state index is 0.117. The van der Waals surface area contributed by atoms with Crippen molar-refractivity contribution in [2.45, 2.75) is 26.0 Å². The van der Waals surface area contributed by atoms with Crippen molar-refractivity contribution >= 4 is 15.9 Å². The quantitative estimate of drug-likeness (QED) is 0.801. The summed E-state index contributed by atoms with van der Waals surface area (Å²) in [6, 6.07) is 6.49. The summed E-state index contributed by atoms with van der Waals surface area (Å²) in [5, 5.41) is 4.54.